The fourth-order valence-corrected chi connectivity index (χ4v) is 5.13. The van der Waals surface area contributed by atoms with E-state index >= 15 is 0 Å². The number of hydrogen-bond donors (Lipinski definition) is 0. The molecule has 0 saturated carbocycles. The van der Waals surface area contributed by atoms with Gasteiger partial charge in [0.1, 0.15) is 0 Å². The van der Waals surface area contributed by atoms with Crippen LogP contribution in [0.3, 0.4) is 0 Å². The van der Waals surface area contributed by atoms with Crippen LogP contribution in [0.1, 0.15) is 44.5 Å². The Morgan fingerprint density at radius 1 is 0.227 bits per heavy atom. The molecule has 44 heavy (non-hydrogen) atoms. The second-order valence-corrected chi connectivity index (χ2v) is 10.7. The van der Waals surface area contributed by atoms with Crippen LogP contribution in [0.5, 0.6) is 0 Å². The first-order valence-corrected chi connectivity index (χ1v) is 15.0. The zero-order valence-corrected chi connectivity index (χ0v) is 24.6. The van der Waals surface area contributed by atoms with Gasteiger partial charge in [0, 0.05) is 0 Å². The van der Waals surface area contributed by atoms with Gasteiger partial charge in [0.2, 0.25) is 0 Å². The first-order chi connectivity index (χ1) is 21.8. The Balaban J connectivity index is 1.47. The zero-order chi connectivity index (χ0) is 29.8. The number of rotatable bonds is 9. The molecular weight excluding hydrogens is 528 g/mol. The lowest BCUT2D eigenvalue weighted by molar-refractivity contribution is 1.54. The normalized spacial score (nSPS) is 11.7. The zero-order valence-electron chi connectivity index (χ0n) is 24.6. The maximum atomic E-state index is 2.31. The van der Waals surface area contributed by atoms with Crippen molar-refractivity contribution >= 4 is 48.6 Å². The quantitative estimate of drug-likeness (QED) is 0.154. The van der Waals surface area contributed by atoms with Crippen molar-refractivity contribution in [1.29, 1.82) is 0 Å². The average Bonchev–Trinajstić information content (AvgIpc) is 3.10. The molecule has 6 aromatic carbocycles. The van der Waals surface area contributed by atoms with E-state index in [9.17, 15) is 0 Å². The summed E-state index contributed by atoms with van der Waals surface area (Å²) >= 11 is 0. The molecule has 0 atom stereocenters. The van der Waals surface area contributed by atoms with E-state index in [2.05, 4.69) is 194 Å². The molecule has 0 aliphatic heterocycles. The monoisotopic (exact) mass is 562 g/mol. The lowest BCUT2D eigenvalue weighted by atomic mass is 9.91. The van der Waals surface area contributed by atoms with Gasteiger partial charge in [-0.25, -0.2) is 0 Å². The second kappa shape index (κ2) is 14.4. The highest BCUT2D eigenvalue weighted by Crippen LogP contribution is 2.33. The van der Waals surface area contributed by atoms with Gasteiger partial charge in [-0.3, -0.25) is 0 Å². The molecule has 0 spiro atoms. The van der Waals surface area contributed by atoms with Crippen LogP contribution < -0.4 is 0 Å². The van der Waals surface area contributed by atoms with Crippen molar-refractivity contribution in [3.05, 3.63) is 202 Å². The van der Waals surface area contributed by atoms with E-state index in [1.165, 1.54) is 44.5 Å². The van der Waals surface area contributed by atoms with Gasteiger partial charge in [0.25, 0.3) is 0 Å². The van der Waals surface area contributed by atoms with Gasteiger partial charge in [-0.2, -0.15) is 0 Å². The molecule has 0 heterocycles. The van der Waals surface area contributed by atoms with Crippen LogP contribution >= 0.6 is 0 Å². The van der Waals surface area contributed by atoms with Crippen molar-refractivity contribution < 1.29 is 0 Å². The molecule has 0 bridgehead atoms. The van der Waals surface area contributed by atoms with Gasteiger partial charge in [0.15, 0.2) is 0 Å². The van der Waals surface area contributed by atoms with Crippen LogP contribution in [-0.4, -0.2) is 0 Å². The van der Waals surface area contributed by atoms with E-state index < -0.39 is 0 Å². The Hall–Kier alpha value is -5.72. The van der Waals surface area contributed by atoms with Crippen LogP contribution in [-0.2, 0) is 0 Å². The first kappa shape index (κ1) is 28.4. The lowest BCUT2D eigenvalue weighted by Gasteiger charge is -2.13. The summed E-state index contributed by atoms with van der Waals surface area (Å²) in [6.45, 7) is 0. The standard InChI is InChI=1S/C44H34/c1-5-13-35(14-6-1)21-23-39-27-31-41(29-25-37-17-9-3-10-18-37)43(33-39)44-34-40(24-22-36-15-7-2-8-16-36)28-32-42(44)30-26-38-19-11-4-12-20-38/h1-34H/b23-21+,24-22+,29-25+,30-26+. The summed E-state index contributed by atoms with van der Waals surface area (Å²) in [6, 6.07) is 55.3. The van der Waals surface area contributed by atoms with Crippen molar-refractivity contribution in [2.24, 2.45) is 0 Å². The van der Waals surface area contributed by atoms with E-state index in [-0.39, 0.29) is 0 Å². The van der Waals surface area contributed by atoms with Gasteiger partial charge < -0.3 is 0 Å². The first-order valence-electron chi connectivity index (χ1n) is 15.0. The van der Waals surface area contributed by atoms with Gasteiger partial charge in [0.05, 0.1) is 0 Å². The van der Waals surface area contributed by atoms with Gasteiger partial charge >= 0.3 is 0 Å². The van der Waals surface area contributed by atoms with Crippen molar-refractivity contribution in [2.75, 3.05) is 0 Å². The molecule has 6 rings (SSSR count). The SMILES string of the molecule is C(=C\c1ccc(/C=C/c2ccccc2)c(-c2cc(/C=C/c3ccccc3)ccc2/C=C/c2ccccc2)c1)/c1ccccc1. The maximum Gasteiger partial charge on any atom is -0.00992 e. The Kier molecular flexibility index (Phi) is 9.33. The van der Waals surface area contributed by atoms with Crippen molar-refractivity contribution in [2.45, 2.75) is 0 Å². The second-order valence-electron chi connectivity index (χ2n) is 10.7. The molecule has 0 amide bonds. The topological polar surface area (TPSA) is 0 Å². The summed E-state index contributed by atoms with van der Waals surface area (Å²) in [7, 11) is 0. The molecule has 0 saturated heterocycles. The molecule has 0 aliphatic rings. The number of benzene rings is 6. The molecule has 0 nitrogen and oxygen atoms in total. The minimum absolute atomic E-state index is 1.16. The molecule has 0 unspecified atom stereocenters. The van der Waals surface area contributed by atoms with E-state index in [0.717, 1.165) is 11.1 Å². The third kappa shape index (κ3) is 7.76. The van der Waals surface area contributed by atoms with Crippen molar-refractivity contribution in [1.82, 2.24) is 0 Å². The Morgan fingerprint density at radius 2 is 0.500 bits per heavy atom. The predicted molar refractivity (Wildman–Crippen MR) is 193 cm³/mol. The molecule has 0 aliphatic carbocycles. The summed E-state index contributed by atoms with van der Waals surface area (Å²) in [5.74, 6) is 0. The Labute approximate surface area is 261 Å². The van der Waals surface area contributed by atoms with E-state index in [4.69, 9.17) is 0 Å². The Bertz CT molecular complexity index is 1760. The number of hydrogen-bond acceptors (Lipinski definition) is 0. The van der Waals surface area contributed by atoms with Crippen LogP contribution in [0.2, 0.25) is 0 Å². The summed E-state index contributed by atoms with van der Waals surface area (Å²) in [6.07, 6.45) is 17.6. The van der Waals surface area contributed by atoms with Crippen LogP contribution in [0.25, 0.3) is 59.7 Å². The highest BCUT2D eigenvalue weighted by Gasteiger charge is 2.10. The highest BCUT2D eigenvalue weighted by atomic mass is 14.1. The fourth-order valence-electron chi connectivity index (χ4n) is 5.13. The summed E-state index contributed by atoms with van der Waals surface area (Å²) in [5.41, 5.74) is 11.8. The summed E-state index contributed by atoms with van der Waals surface area (Å²) < 4.78 is 0. The van der Waals surface area contributed by atoms with Crippen molar-refractivity contribution in [3.63, 3.8) is 0 Å². The van der Waals surface area contributed by atoms with Crippen LogP contribution in [0, 0.1) is 0 Å². The third-order valence-electron chi connectivity index (χ3n) is 7.49. The average molecular weight is 563 g/mol. The van der Waals surface area contributed by atoms with Gasteiger partial charge in [-0.15, -0.1) is 0 Å². The lowest BCUT2D eigenvalue weighted by Crippen LogP contribution is -1.90. The Morgan fingerprint density at radius 3 is 0.818 bits per heavy atom. The van der Waals surface area contributed by atoms with Crippen LogP contribution in [0.15, 0.2) is 158 Å². The molecule has 0 radical (unpaired) electrons. The molecular formula is C44H34. The fraction of sp³-hybridized carbons (Fsp3) is 0. The minimum Gasteiger partial charge on any atom is -0.0622 e. The predicted octanol–water partition coefficient (Wildman–Crippen LogP) is 12.0. The van der Waals surface area contributed by atoms with Gasteiger partial charge in [-0.05, 0) is 67.8 Å². The molecule has 0 aromatic heterocycles. The minimum atomic E-state index is 1.16. The molecule has 210 valence electrons. The van der Waals surface area contributed by atoms with Crippen LogP contribution in [0.4, 0.5) is 0 Å². The largest absolute Gasteiger partial charge is 0.0622 e. The molecule has 0 heteroatoms. The van der Waals surface area contributed by atoms with E-state index in [0.29, 0.717) is 0 Å². The summed E-state index contributed by atoms with van der Waals surface area (Å²) in [5, 5.41) is 0. The molecule has 6 aromatic rings. The summed E-state index contributed by atoms with van der Waals surface area (Å²) in [4.78, 5) is 0. The highest BCUT2D eigenvalue weighted by molar-refractivity contribution is 5.90. The van der Waals surface area contributed by atoms with Gasteiger partial charge in [-0.1, -0.05) is 194 Å². The third-order valence-corrected chi connectivity index (χ3v) is 7.49. The maximum absolute atomic E-state index is 2.31. The van der Waals surface area contributed by atoms with Crippen molar-refractivity contribution in [3.8, 4) is 11.1 Å². The molecule has 0 fully saturated rings. The smallest absolute Gasteiger partial charge is 0.00992 e. The molecule has 0 N–H and O–H groups in total. The van der Waals surface area contributed by atoms with E-state index in [1.807, 2.05) is 12.1 Å². The van der Waals surface area contributed by atoms with E-state index in [1.54, 1.807) is 0 Å².